The quantitative estimate of drug-likeness (QED) is 0.816. The van der Waals surface area contributed by atoms with Gasteiger partial charge in [0.15, 0.2) is 0 Å². The predicted molar refractivity (Wildman–Crippen MR) is 58.2 cm³/mol. The van der Waals surface area contributed by atoms with Crippen molar-refractivity contribution in [1.82, 2.24) is 0 Å². The Bertz CT molecular complexity index is 313. The fraction of sp³-hybridized carbons (Fsp3) is 0.400. The molecule has 0 heterocycles. The number of ether oxygens (including phenoxy) is 1. The zero-order valence-corrected chi connectivity index (χ0v) is 9.51. The van der Waals surface area contributed by atoms with E-state index in [1.54, 1.807) is 19.2 Å². The van der Waals surface area contributed by atoms with E-state index in [1.165, 1.54) is 0 Å². The van der Waals surface area contributed by atoms with Crippen LogP contribution >= 0.6 is 23.2 Å². The highest BCUT2D eigenvalue weighted by Gasteiger charge is 2.18. The molecule has 2 nitrogen and oxygen atoms in total. The van der Waals surface area contributed by atoms with Gasteiger partial charge < -0.3 is 9.84 Å². The van der Waals surface area contributed by atoms with Gasteiger partial charge in [-0.25, -0.2) is 0 Å². The van der Waals surface area contributed by atoms with E-state index in [2.05, 4.69) is 0 Å². The van der Waals surface area contributed by atoms with Crippen LogP contribution in [0.15, 0.2) is 18.2 Å². The molecule has 0 aromatic heterocycles. The van der Waals surface area contributed by atoms with Crippen molar-refractivity contribution in [3.8, 4) is 5.75 Å². The van der Waals surface area contributed by atoms with Crippen LogP contribution in [0.2, 0.25) is 0 Å². The van der Waals surface area contributed by atoms with Gasteiger partial charge in [-0.3, -0.25) is 0 Å². The molecule has 1 unspecified atom stereocenters. The Balaban J connectivity index is 3.09. The smallest absolute Gasteiger partial charge is 0.137 e. The highest BCUT2D eigenvalue weighted by Crippen LogP contribution is 2.30. The molecular weight excluding hydrogens is 223 g/mol. The third kappa shape index (κ3) is 2.32. The lowest BCUT2D eigenvalue weighted by Crippen LogP contribution is -2.08. The molecule has 1 rings (SSSR count). The highest BCUT2D eigenvalue weighted by atomic mass is 35.5. The van der Waals surface area contributed by atoms with Crippen molar-refractivity contribution in [1.29, 1.82) is 0 Å². The minimum Gasteiger partial charge on any atom is -0.496 e. The summed E-state index contributed by atoms with van der Waals surface area (Å²) in [4.78, 5) is -0.833. The number of hydrogen-bond acceptors (Lipinski definition) is 2. The Morgan fingerprint density at radius 3 is 2.50 bits per heavy atom. The van der Waals surface area contributed by atoms with E-state index in [-0.39, 0.29) is 0 Å². The van der Waals surface area contributed by atoms with Crippen molar-refractivity contribution in [2.75, 3.05) is 7.11 Å². The minimum absolute atomic E-state index is 0.694. The number of rotatable bonds is 3. The Kier molecular flexibility index (Phi) is 4.05. The minimum atomic E-state index is -0.881. The van der Waals surface area contributed by atoms with E-state index in [4.69, 9.17) is 27.9 Å². The summed E-state index contributed by atoms with van der Waals surface area (Å²) in [6, 6.07) is 5.39. The van der Waals surface area contributed by atoms with Crippen molar-refractivity contribution in [2.45, 2.75) is 17.9 Å². The Labute approximate surface area is 93.4 Å². The Morgan fingerprint density at radius 2 is 2.00 bits per heavy atom. The fourth-order valence-corrected chi connectivity index (χ4v) is 1.58. The van der Waals surface area contributed by atoms with Gasteiger partial charge in [-0.15, -0.1) is 23.2 Å². The van der Waals surface area contributed by atoms with Gasteiger partial charge in [-0.1, -0.05) is 12.1 Å². The van der Waals surface area contributed by atoms with Crippen molar-refractivity contribution in [3.63, 3.8) is 0 Å². The summed E-state index contributed by atoms with van der Waals surface area (Å²) in [5, 5.41) is 9.68. The maximum absolute atomic E-state index is 9.68. The molecule has 0 spiro atoms. The van der Waals surface area contributed by atoms with Crippen molar-refractivity contribution < 1.29 is 9.84 Å². The molecule has 0 radical (unpaired) electrons. The third-order valence-electron chi connectivity index (χ3n) is 2.10. The average Bonchev–Trinajstić information content (AvgIpc) is 2.17. The van der Waals surface area contributed by atoms with Crippen molar-refractivity contribution in [2.24, 2.45) is 0 Å². The van der Waals surface area contributed by atoms with Crippen LogP contribution in [0.1, 0.15) is 17.2 Å². The average molecular weight is 235 g/mol. The standard InChI is InChI=1S/C10H12Cl2O2/c1-6-7(9(13)10(11)12)4-3-5-8(6)14-2/h3-5,9-10,13H,1-2H3. The molecule has 1 atom stereocenters. The van der Waals surface area contributed by atoms with E-state index in [1.807, 2.05) is 13.0 Å². The highest BCUT2D eigenvalue weighted by molar-refractivity contribution is 6.44. The first kappa shape index (κ1) is 11.6. The van der Waals surface area contributed by atoms with Crippen LogP contribution in [0, 0.1) is 6.92 Å². The summed E-state index contributed by atoms with van der Waals surface area (Å²) in [5.74, 6) is 0.718. The molecular formula is C10H12Cl2O2. The first-order valence-corrected chi connectivity index (χ1v) is 5.05. The van der Waals surface area contributed by atoms with Crippen LogP contribution in [-0.4, -0.2) is 17.1 Å². The van der Waals surface area contributed by atoms with E-state index < -0.39 is 10.9 Å². The SMILES string of the molecule is COc1cccc(C(O)C(Cl)Cl)c1C. The van der Waals surface area contributed by atoms with E-state index in [0.717, 1.165) is 11.3 Å². The summed E-state index contributed by atoms with van der Waals surface area (Å²) in [5.41, 5.74) is 1.55. The van der Waals surface area contributed by atoms with E-state index in [0.29, 0.717) is 5.56 Å². The van der Waals surface area contributed by atoms with Crippen LogP contribution in [0.4, 0.5) is 0 Å². The zero-order valence-electron chi connectivity index (χ0n) is 8.00. The molecule has 4 heteroatoms. The normalized spacial score (nSPS) is 13.0. The molecule has 0 aliphatic carbocycles. The largest absolute Gasteiger partial charge is 0.496 e. The molecule has 1 aromatic rings. The van der Waals surface area contributed by atoms with Gasteiger partial charge in [-0.05, 0) is 24.1 Å². The molecule has 0 aliphatic rings. The molecule has 0 saturated carbocycles. The number of aliphatic hydroxyl groups excluding tert-OH is 1. The maximum atomic E-state index is 9.68. The van der Waals surface area contributed by atoms with Gasteiger partial charge in [-0.2, -0.15) is 0 Å². The lowest BCUT2D eigenvalue weighted by molar-refractivity contribution is 0.191. The van der Waals surface area contributed by atoms with Crippen LogP contribution in [-0.2, 0) is 0 Å². The molecule has 0 amide bonds. The molecule has 78 valence electrons. The number of methoxy groups -OCH3 is 1. The topological polar surface area (TPSA) is 29.5 Å². The fourth-order valence-electron chi connectivity index (χ4n) is 1.31. The van der Waals surface area contributed by atoms with E-state index >= 15 is 0 Å². The lowest BCUT2D eigenvalue weighted by Gasteiger charge is -2.16. The van der Waals surface area contributed by atoms with Gasteiger partial charge in [0.1, 0.15) is 16.7 Å². The van der Waals surface area contributed by atoms with Gasteiger partial charge in [0, 0.05) is 0 Å². The predicted octanol–water partition coefficient (Wildman–Crippen LogP) is 2.84. The second-order valence-corrected chi connectivity index (χ2v) is 4.12. The van der Waals surface area contributed by atoms with Gasteiger partial charge >= 0.3 is 0 Å². The van der Waals surface area contributed by atoms with Crippen LogP contribution in [0.5, 0.6) is 5.75 Å². The first-order valence-electron chi connectivity index (χ1n) is 4.17. The van der Waals surface area contributed by atoms with Crippen molar-refractivity contribution in [3.05, 3.63) is 29.3 Å². The summed E-state index contributed by atoms with van der Waals surface area (Å²) < 4.78 is 5.12. The van der Waals surface area contributed by atoms with Gasteiger partial charge in [0.2, 0.25) is 0 Å². The number of alkyl halides is 2. The molecule has 1 N–H and O–H groups in total. The Morgan fingerprint density at radius 1 is 1.36 bits per heavy atom. The third-order valence-corrected chi connectivity index (χ3v) is 2.58. The lowest BCUT2D eigenvalue weighted by atomic mass is 10.0. The summed E-state index contributed by atoms with van der Waals surface area (Å²) in [6.07, 6.45) is -0.881. The second-order valence-electron chi connectivity index (χ2n) is 2.95. The molecule has 0 fully saturated rings. The van der Waals surface area contributed by atoms with Crippen LogP contribution in [0.25, 0.3) is 0 Å². The monoisotopic (exact) mass is 234 g/mol. The van der Waals surface area contributed by atoms with Crippen molar-refractivity contribution >= 4 is 23.2 Å². The second kappa shape index (κ2) is 4.87. The first-order chi connectivity index (χ1) is 6.57. The number of benzene rings is 1. The van der Waals surface area contributed by atoms with Crippen LogP contribution in [0.3, 0.4) is 0 Å². The van der Waals surface area contributed by atoms with Crippen LogP contribution < -0.4 is 4.74 Å². The number of halogens is 2. The zero-order chi connectivity index (χ0) is 10.7. The summed E-state index contributed by atoms with van der Waals surface area (Å²) in [6.45, 7) is 1.85. The van der Waals surface area contributed by atoms with Gasteiger partial charge in [0.05, 0.1) is 7.11 Å². The molecule has 0 saturated heterocycles. The van der Waals surface area contributed by atoms with E-state index in [9.17, 15) is 5.11 Å². The Hall–Kier alpha value is -0.440. The number of hydrogen-bond donors (Lipinski definition) is 1. The molecule has 1 aromatic carbocycles. The summed E-state index contributed by atoms with van der Waals surface area (Å²) >= 11 is 11.2. The number of aliphatic hydroxyl groups is 1. The molecule has 0 aliphatic heterocycles. The molecule has 14 heavy (non-hydrogen) atoms. The maximum Gasteiger partial charge on any atom is 0.137 e. The summed E-state index contributed by atoms with van der Waals surface area (Å²) in [7, 11) is 1.58. The van der Waals surface area contributed by atoms with Gasteiger partial charge in [0.25, 0.3) is 0 Å². The molecule has 0 bridgehead atoms.